The van der Waals surface area contributed by atoms with Crippen molar-refractivity contribution in [3.8, 4) is 0 Å². The van der Waals surface area contributed by atoms with E-state index >= 15 is 0 Å². The summed E-state index contributed by atoms with van der Waals surface area (Å²) in [4.78, 5) is 20.2. The van der Waals surface area contributed by atoms with Crippen LogP contribution in [0.25, 0.3) is 0 Å². The van der Waals surface area contributed by atoms with Crippen LogP contribution in [-0.2, 0) is 18.6 Å². The second kappa shape index (κ2) is 9.56. The summed E-state index contributed by atoms with van der Waals surface area (Å²) in [7, 11) is 0. The van der Waals surface area contributed by atoms with Gasteiger partial charge in [-0.2, -0.15) is 0 Å². The van der Waals surface area contributed by atoms with Crippen LogP contribution in [0.1, 0.15) is 0 Å². The van der Waals surface area contributed by atoms with Crippen LogP contribution in [0.5, 0.6) is 0 Å². The minimum absolute atomic E-state index is 0.0186. The maximum absolute atomic E-state index is 10.2. The molecule has 1 saturated heterocycles. The molecule has 0 bridgehead atoms. The molecule has 5 atom stereocenters. The Balaban J connectivity index is 0.000000400. The quantitative estimate of drug-likeness (QED) is 0.250. The Morgan fingerprint density at radius 1 is 1.10 bits per heavy atom. The molecule has 0 aliphatic carbocycles. The summed E-state index contributed by atoms with van der Waals surface area (Å²) in [5, 5.41) is 44.7. The number of halogens is 3. The first-order valence-electron chi connectivity index (χ1n) is 5.14. The molecule has 0 radical (unpaired) electrons. The second-order valence-electron chi connectivity index (χ2n) is 3.62. The third-order valence-electron chi connectivity index (χ3n) is 2.27. The lowest BCUT2D eigenvalue weighted by atomic mass is 10.00. The predicted octanol–water partition coefficient (Wildman–Crippen LogP) is -2.40. The molecule has 21 heavy (non-hydrogen) atoms. The third-order valence-corrected chi connectivity index (χ3v) is 2.71. The van der Waals surface area contributed by atoms with Crippen LogP contribution in [0, 0.1) is 0 Å². The van der Waals surface area contributed by atoms with E-state index in [0.29, 0.717) is 0 Å². The molecule has 13 heteroatoms. The summed E-state index contributed by atoms with van der Waals surface area (Å²) < 4.78 is 8.04. The van der Waals surface area contributed by atoms with Crippen molar-refractivity contribution in [2.45, 2.75) is 30.7 Å². The Labute approximate surface area is 133 Å². The maximum atomic E-state index is 10.2. The molecule has 0 spiro atoms. The standard InChI is InChI=1S/C6H12O6.C2Cl3NO3/c7-1-2-3(8)4(9)5(10)6(11)12-2;3-6(4)1(7)2(8)9-5/h2-11H,1H2;/t2-,3-,4+,5+,6?;/m1./s1. The molecule has 0 aromatic rings. The fourth-order valence-corrected chi connectivity index (χ4v) is 1.39. The summed E-state index contributed by atoms with van der Waals surface area (Å²) in [6.45, 7) is -0.526. The topological polar surface area (TPSA) is 157 Å². The highest BCUT2D eigenvalue weighted by Gasteiger charge is 2.42. The van der Waals surface area contributed by atoms with Gasteiger partial charge in [0.15, 0.2) is 6.29 Å². The molecule has 1 unspecified atom stereocenters. The highest BCUT2D eigenvalue weighted by atomic mass is 35.5. The number of carbonyl (C=O) groups excluding carboxylic acids is 2. The molecule has 0 aromatic heterocycles. The van der Waals surface area contributed by atoms with Gasteiger partial charge < -0.3 is 34.6 Å². The van der Waals surface area contributed by atoms with Crippen LogP contribution in [0.15, 0.2) is 0 Å². The maximum Gasteiger partial charge on any atom is 0.417 e. The first-order valence-corrected chi connectivity index (χ1v) is 6.13. The van der Waals surface area contributed by atoms with Crippen LogP contribution in [0.3, 0.4) is 0 Å². The van der Waals surface area contributed by atoms with Crippen LogP contribution in [-0.4, -0.2) is 78.7 Å². The van der Waals surface area contributed by atoms with Crippen LogP contribution >= 0.6 is 35.4 Å². The van der Waals surface area contributed by atoms with E-state index in [1.165, 1.54) is 0 Å². The number of aliphatic hydroxyl groups excluding tert-OH is 5. The third kappa shape index (κ3) is 6.06. The monoisotopic (exact) mass is 371 g/mol. The molecular formula is C8H12Cl3NO9. The molecule has 1 heterocycles. The minimum Gasteiger partial charge on any atom is -0.394 e. The van der Waals surface area contributed by atoms with Crippen molar-refractivity contribution >= 4 is 47.3 Å². The van der Waals surface area contributed by atoms with Gasteiger partial charge in [0.25, 0.3) is 0 Å². The average molecular weight is 373 g/mol. The number of carbonyl (C=O) groups is 2. The lowest BCUT2D eigenvalue weighted by Crippen LogP contribution is -2.58. The van der Waals surface area contributed by atoms with E-state index < -0.39 is 49.2 Å². The van der Waals surface area contributed by atoms with Crippen LogP contribution in [0.2, 0.25) is 0 Å². The van der Waals surface area contributed by atoms with Gasteiger partial charge in [0.05, 0.1) is 6.61 Å². The molecule has 10 nitrogen and oxygen atoms in total. The van der Waals surface area contributed by atoms with Crippen molar-refractivity contribution in [1.29, 1.82) is 0 Å². The molecule has 1 fully saturated rings. The highest BCUT2D eigenvalue weighted by molar-refractivity contribution is 6.52. The van der Waals surface area contributed by atoms with E-state index in [-0.39, 0.29) is 3.94 Å². The Morgan fingerprint density at radius 2 is 1.62 bits per heavy atom. The zero-order valence-electron chi connectivity index (χ0n) is 10.0. The molecule has 1 rings (SSSR count). The molecule has 5 N–H and O–H groups in total. The molecule has 1 aliphatic heterocycles. The number of hydrogen-bond donors (Lipinski definition) is 5. The lowest BCUT2D eigenvalue weighted by Gasteiger charge is -2.37. The van der Waals surface area contributed by atoms with Crippen molar-refractivity contribution in [2.24, 2.45) is 0 Å². The summed E-state index contributed by atoms with van der Waals surface area (Å²) in [6.07, 6.45) is -7.04. The smallest absolute Gasteiger partial charge is 0.394 e. The number of aliphatic hydroxyl groups is 5. The average Bonchev–Trinajstić information content (AvgIpc) is 2.47. The van der Waals surface area contributed by atoms with E-state index in [9.17, 15) is 9.59 Å². The normalized spacial score (nSPS) is 31.7. The molecule has 124 valence electrons. The van der Waals surface area contributed by atoms with Crippen molar-refractivity contribution < 1.29 is 44.1 Å². The zero-order valence-corrected chi connectivity index (χ0v) is 12.3. The Hall–Kier alpha value is -0.430. The SMILES string of the molecule is O=C(OCl)C(=O)N(Cl)Cl.OC[C@H]1OC(O)[C@@H](O)[C@@H](O)[C@@H]1O. The van der Waals surface area contributed by atoms with Gasteiger partial charge in [0, 0.05) is 23.6 Å². The number of ether oxygens (including phenoxy) is 1. The van der Waals surface area contributed by atoms with Gasteiger partial charge in [-0.1, -0.05) is 0 Å². The van der Waals surface area contributed by atoms with Gasteiger partial charge >= 0.3 is 11.9 Å². The van der Waals surface area contributed by atoms with Gasteiger partial charge in [0.2, 0.25) is 0 Å². The van der Waals surface area contributed by atoms with Gasteiger partial charge in [-0.15, -0.1) is 3.94 Å². The molecular weight excluding hydrogens is 360 g/mol. The largest absolute Gasteiger partial charge is 0.417 e. The number of hydrogen-bond acceptors (Lipinski definition) is 9. The second-order valence-corrected chi connectivity index (χ2v) is 4.63. The van der Waals surface area contributed by atoms with Gasteiger partial charge in [0.1, 0.15) is 36.3 Å². The summed E-state index contributed by atoms with van der Waals surface area (Å²) in [5.74, 6) is -2.57. The van der Waals surface area contributed by atoms with Crippen molar-refractivity contribution in [2.75, 3.05) is 6.61 Å². The Kier molecular flexibility index (Phi) is 9.36. The van der Waals surface area contributed by atoms with E-state index in [2.05, 4.69) is 20.9 Å². The Bertz CT molecular complexity index is 353. The van der Waals surface area contributed by atoms with E-state index in [1.807, 2.05) is 0 Å². The van der Waals surface area contributed by atoms with Crippen molar-refractivity contribution in [3.63, 3.8) is 0 Å². The van der Waals surface area contributed by atoms with E-state index in [0.717, 1.165) is 0 Å². The van der Waals surface area contributed by atoms with Crippen LogP contribution in [0.4, 0.5) is 0 Å². The van der Waals surface area contributed by atoms with E-state index in [4.69, 9.17) is 49.1 Å². The first kappa shape index (κ1) is 20.6. The first-order chi connectivity index (χ1) is 9.67. The minimum atomic E-state index is -1.57. The fourth-order valence-electron chi connectivity index (χ4n) is 1.18. The van der Waals surface area contributed by atoms with Gasteiger partial charge in [-0.25, -0.2) is 4.79 Å². The van der Waals surface area contributed by atoms with E-state index in [1.54, 1.807) is 0 Å². The lowest BCUT2D eigenvalue weighted by molar-refractivity contribution is -0.286. The highest BCUT2D eigenvalue weighted by Crippen LogP contribution is 2.18. The molecule has 0 saturated carbocycles. The van der Waals surface area contributed by atoms with Crippen LogP contribution < -0.4 is 0 Å². The fraction of sp³-hybridized carbons (Fsp3) is 0.750. The predicted molar refractivity (Wildman–Crippen MR) is 66.5 cm³/mol. The number of amides is 1. The van der Waals surface area contributed by atoms with Gasteiger partial charge in [-0.05, 0) is 0 Å². The van der Waals surface area contributed by atoms with Crippen molar-refractivity contribution in [1.82, 2.24) is 3.94 Å². The van der Waals surface area contributed by atoms with Gasteiger partial charge in [-0.3, -0.25) is 4.79 Å². The number of rotatable bonds is 1. The molecule has 1 aliphatic rings. The van der Waals surface area contributed by atoms with Crippen molar-refractivity contribution in [3.05, 3.63) is 0 Å². The summed E-state index contributed by atoms with van der Waals surface area (Å²) in [5.41, 5.74) is 0. The zero-order chi connectivity index (χ0) is 16.7. The summed E-state index contributed by atoms with van der Waals surface area (Å²) in [6, 6.07) is 0. The molecule has 0 aromatic carbocycles. The summed E-state index contributed by atoms with van der Waals surface area (Å²) >= 11 is 14.1. The molecule has 1 amide bonds. The number of nitrogens with zero attached hydrogens (tertiary/aromatic N) is 1. The Morgan fingerprint density at radius 3 is 1.95 bits per heavy atom.